The lowest BCUT2D eigenvalue weighted by Crippen LogP contribution is -2.43. The molecule has 0 saturated heterocycles. The number of thiazole rings is 1. The minimum absolute atomic E-state index is 0.00819. The lowest BCUT2D eigenvalue weighted by molar-refractivity contribution is -0.123. The first-order valence-electron chi connectivity index (χ1n) is 5.92. The Balaban J connectivity index is 2.50. The third-order valence-corrected chi connectivity index (χ3v) is 3.62. The van der Waals surface area contributed by atoms with Crippen molar-refractivity contribution in [3.05, 3.63) is 16.6 Å². The Morgan fingerprint density at radius 2 is 2.35 bits per heavy atom. The Morgan fingerprint density at radius 3 is 2.88 bits per heavy atom. The fourth-order valence-electron chi connectivity index (χ4n) is 1.70. The standard InChI is InChI=1S/C12H21N3OS/c1-4-5-9(13)8-10(16)15-12(2,3)11-14-6-7-17-11/h6-7,9H,4-5,8,13H2,1-3H3,(H,15,16). The van der Waals surface area contributed by atoms with E-state index in [-0.39, 0.29) is 11.9 Å². The van der Waals surface area contributed by atoms with Crippen LogP contribution in [0.15, 0.2) is 11.6 Å². The number of hydrogen-bond donors (Lipinski definition) is 2. The number of hydrogen-bond acceptors (Lipinski definition) is 4. The molecule has 1 atom stereocenters. The van der Waals surface area contributed by atoms with Gasteiger partial charge in [0.2, 0.25) is 5.91 Å². The maximum absolute atomic E-state index is 11.8. The first-order valence-corrected chi connectivity index (χ1v) is 6.80. The molecule has 1 aromatic heterocycles. The lowest BCUT2D eigenvalue weighted by Gasteiger charge is -2.24. The van der Waals surface area contributed by atoms with E-state index in [1.807, 2.05) is 19.2 Å². The van der Waals surface area contributed by atoms with E-state index >= 15 is 0 Å². The highest BCUT2D eigenvalue weighted by Gasteiger charge is 2.25. The van der Waals surface area contributed by atoms with Crippen LogP contribution in [0.2, 0.25) is 0 Å². The van der Waals surface area contributed by atoms with Gasteiger partial charge in [0.1, 0.15) is 5.01 Å². The summed E-state index contributed by atoms with van der Waals surface area (Å²) in [4.78, 5) is 16.1. The predicted octanol–water partition coefficient (Wildman–Crippen LogP) is 2.01. The van der Waals surface area contributed by atoms with E-state index in [0.29, 0.717) is 6.42 Å². The van der Waals surface area contributed by atoms with Gasteiger partial charge >= 0.3 is 0 Å². The number of carbonyl (C=O) groups excluding carboxylic acids is 1. The van der Waals surface area contributed by atoms with Crippen LogP contribution in [0.3, 0.4) is 0 Å². The molecule has 5 heteroatoms. The van der Waals surface area contributed by atoms with Gasteiger partial charge in [0.25, 0.3) is 0 Å². The summed E-state index contributed by atoms with van der Waals surface area (Å²) in [6.45, 7) is 5.97. The summed E-state index contributed by atoms with van der Waals surface area (Å²) in [5.41, 5.74) is 5.43. The molecule has 0 spiro atoms. The van der Waals surface area contributed by atoms with Gasteiger partial charge in [0.05, 0.1) is 5.54 Å². The van der Waals surface area contributed by atoms with Crippen LogP contribution >= 0.6 is 11.3 Å². The molecule has 96 valence electrons. The Kier molecular flexibility index (Phi) is 5.08. The van der Waals surface area contributed by atoms with Crippen LogP contribution in [0.4, 0.5) is 0 Å². The molecule has 1 amide bonds. The molecule has 0 radical (unpaired) electrons. The van der Waals surface area contributed by atoms with Crippen molar-refractivity contribution < 1.29 is 4.79 Å². The molecule has 0 saturated carbocycles. The Labute approximate surface area is 107 Å². The highest BCUT2D eigenvalue weighted by Crippen LogP contribution is 2.22. The largest absolute Gasteiger partial charge is 0.345 e. The zero-order chi connectivity index (χ0) is 12.9. The molecule has 17 heavy (non-hydrogen) atoms. The lowest BCUT2D eigenvalue weighted by atomic mass is 10.0. The number of rotatable bonds is 6. The molecule has 0 aromatic carbocycles. The predicted molar refractivity (Wildman–Crippen MR) is 70.8 cm³/mol. The van der Waals surface area contributed by atoms with Crippen LogP contribution in [0.25, 0.3) is 0 Å². The second-order valence-corrected chi connectivity index (χ2v) is 5.66. The molecule has 1 aromatic rings. The minimum atomic E-state index is -0.419. The third-order valence-electron chi connectivity index (χ3n) is 2.53. The zero-order valence-electron chi connectivity index (χ0n) is 10.7. The van der Waals surface area contributed by atoms with Gasteiger partial charge in [-0.2, -0.15) is 0 Å². The van der Waals surface area contributed by atoms with Crippen LogP contribution in [0.5, 0.6) is 0 Å². The fourth-order valence-corrected chi connectivity index (χ4v) is 2.41. The van der Waals surface area contributed by atoms with Crippen LogP contribution in [-0.2, 0) is 10.3 Å². The quantitative estimate of drug-likeness (QED) is 0.817. The summed E-state index contributed by atoms with van der Waals surface area (Å²) in [6.07, 6.45) is 4.01. The van der Waals surface area contributed by atoms with Crippen molar-refractivity contribution in [1.82, 2.24) is 10.3 Å². The molecule has 4 nitrogen and oxygen atoms in total. The average molecular weight is 255 g/mol. The van der Waals surface area contributed by atoms with E-state index < -0.39 is 5.54 Å². The molecule has 3 N–H and O–H groups in total. The van der Waals surface area contributed by atoms with Crippen molar-refractivity contribution in [2.45, 2.75) is 51.6 Å². The molecule has 0 bridgehead atoms. The Morgan fingerprint density at radius 1 is 1.65 bits per heavy atom. The van der Waals surface area contributed by atoms with Gasteiger partial charge in [0, 0.05) is 24.0 Å². The normalized spacial score (nSPS) is 13.4. The van der Waals surface area contributed by atoms with Gasteiger partial charge in [-0.25, -0.2) is 4.98 Å². The molecule has 0 aliphatic heterocycles. The van der Waals surface area contributed by atoms with Crippen molar-refractivity contribution in [3.63, 3.8) is 0 Å². The van der Waals surface area contributed by atoms with Crippen LogP contribution in [0.1, 0.15) is 45.0 Å². The summed E-state index contributed by atoms with van der Waals surface area (Å²) < 4.78 is 0. The van der Waals surface area contributed by atoms with Gasteiger partial charge in [-0.05, 0) is 20.3 Å². The van der Waals surface area contributed by atoms with E-state index in [2.05, 4.69) is 17.2 Å². The number of nitrogens with one attached hydrogen (secondary N) is 1. The summed E-state index contributed by atoms with van der Waals surface area (Å²) in [5.74, 6) is -0.00819. The van der Waals surface area contributed by atoms with Gasteiger partial charge < -0.3 is 11.1 Å². The molecular weight excluding hydrogens is 234 g/mol. The summed E-state index contributed by atoms with van der Waals surface area (Å²) in [5, 5.41) is 5.80. The summed E-state index contributed by atoms with van der Waals surface area (Å²) in [6, 6.07) is -0.0490. The first kappa shape index (κ1) is 14.1. The topological polar surface area (TPSA) is 68.0 Å². The van der Waals surface area contributed by atoms with Crippen molar-refractivity contribution >= 4 is 17.2 Å². The number of nitrogens with two attached hydrogens (primary N) is 1. The second-order valence-electron chi connectivity index (χ2n) is 4.76. The van der Waals surface area contributed by atoms with Gasteiger partial charge in [-0.15, -0.1) is 11.3 Å². The SMILES string of the molecule is CCCC(N)CC(=O)NC(C)(C)c1nccs1. The van der Waals surface area contributed by atoms with Crippen LogP contribution < -0.4 is 11.1 Å². The highest BCUT2D eigenvalue weighted by atomic mass is 32.1. The number of amides is 1. The summed E-state index contributed by atoms with van der Waals surface area (Å²) in [7, 11) is 0. The van der Waals surface area contributed by atoms with Crippen LogP contribution in [-0.4, -0.2) is 16.9 Å². The Bertz CT molecular complexity index is 349. The zero-order valence-corrected chi connectivity index (χ0v) is 11.5. The fraction of sp³-hybridized carbons (Fsp3) is 0.667. The number of nitrogens with zero attached hydrogens (tertiary/aromatic N) is 1. The smallest absolute Gasteiger partial charge is 0.222 e. The van der Waals surface area contributed by atoms with Gasteiger partial charge in [0.15, 0.2) is 0 Å². The van der Waals surface area contributed by atoms with Gasteiger partial charge in [-0.3, -0.25) is 4.79 Å². The van der Waals surface area contributed by atoms with E-state index in [4.69, 9.17) is 5.73 Å². The van der Waals surface area contributed by atoms with E-state index in [0.717, 1.165) is 17.8 Å². The van der Waals surface area contributed by atoms with Gasteiger partial charge in [-0.1, -0.05) is 13.3 Å². The van der Waals surface area contributed by atoms with Crippen molar-refractivity contribution in [2.24, 2.45) is 5.73 Å². The maximum Gasteiger partial charge on any atom is 0.222 e. The van der Waals surface area contributed by atoms with E-state index in [1.54, 1.807) is 17.5 Å². The molecule has 0 aliphatic rings. The van der Waals surface area contributed by atoms with Crippen molar-refractivity contribution in [2.75, 3.05) is 0 Å². The molecule has 1 rings (SSSR count). The monoisotopic (exact) mass is 255 g/mol. The Hall–Kier alpha value is -0.940. The molecule has 0 aliphatic carbocycles. The minimum Gasteiger partial charge on any atom is -0.345 e. The van der Waals surface area contributed by atoms with Crippen molar-refractivity contribution in [1.29, 1.82) is 0 Å². The maximum atomic E-state index is 11.8. The first-order chi connectivity index (χ1) is 7.95. The van der Waals surface area contributed by atoms with Crippen LogP contribution in [0, 0.1) is 0 Å². The third kappa shape index (κ3) is 4.44. The van der Waals surface area contributed by atoms with E-state index in [9.17, 15) is 4.79 Å². The van der Waals surface area contributed by atoms with E-state index in [1.165, 1.54) is 0 Å². The molecule has 0 fully saturated rings. The molecule has 1 unspecified atom stereocenters. The highest BCUT2D eigenvalue weighted by molar-refractivity contribution is 7.09. The number of carbonyl (C=O) groups is 1. The number of aromatic nitrogens is 1. The summed E-state index contributed by atoms with van der Waals surface area (Å²) >= 11 is 1.54. The molecule has 1 heterocycles. The second kappa shape index (κ2) is 6.12. The average Bonchev–Trinajstić information content (AvgIpc) is 2.69. The van der Waals surface area contributed by atoms with Crippen molar-refractivity contribution in [3.8, 4) is 0 Å². The molecular formula is C12H21N3OS.